The van der Waals surface area contributed by atoms with Gasteiger partial charge in [0, 0.05) is 22.7 Å². The highest BCUT2D eigenvalue weighted by Crippen LogP contribution is 2.32. The van der Waals surface area contributed by atoms with Gasteiger partial charge in [0.25, 0.3) is 5.92 Å². The molecule has 1 aromatic carbocycles. The fourth-order valence-corrected chi connectivity index (χ4v) is 1.48. The smallest absolute Gasteiger partial charge is 0.287 e. The van der Waals surface area contributed by atoms with Gasteiger partial charge in [-0.3, -0.25) is 0 Å². The van der Waals surface area contributed by atoms with Crippen molar-refractivity contribution in [2.24, 2.45) is 5.73 Å². The minimum absolute atomic E-state index is 0. The fourth-order valence-electron chi connectivity index (χ4n) is 1.48. The minimum atomic E-state index is -2.96. The maximum atomic E-state index is 13.3. The van der Waals surface area contributed by atoms with E-state index < -0.39 is 12.5 Å². The Labute approximate surface area is 91.9 Å². The maximum Gasteiger partial charge on any atom is 0.287 e. The van der Waals surface area contributed by atoms with Gasteiger partial charge in [0.15, 0.2) is 0 Å². The molecule has 0 aliphatic heterocycles. The van der Waals surface area contributed by atoms with Gasteiger partial charge in [0.2, 0.25) is 0 Å². The predicted octanol–water partition coefficient (Wildman–Crippen LogP) is 2.64. The van der Waals surface area contributed by atoms with E-state index in [0.29, 0.717) is 10.9 Å². The molecule has 0 aliphatic carbocycles. The van der Waals surface area contributed by atoms with Crippen LogP contribution in [0.1, 0.15) is 5.56 Å². The van der Waals surface area contributed by atoms with Crippen molar-refractivity contribution >= 4 is 23.3 Å². The number of alkyl halides is 2. The molecule has 0 saturated heterocycles. The van der Waals surface area contributed by atoms with Gasteiger partial charge >= 0.3 is 0 Å². The van der Waals surface area contributed by atoms with Gasteiger partial charge in [-0.15, -0.1) is 12.4 Å². The first-order valence-electron chi connectivity index (χ1n) is 4.29. The molecule has 0 bridgehead atoms. The number of H-pyrrole nitrogens is 1. The van der Waals surface area contributed by atoms with Crippen molar-refractivity contribution in [3.63, 3.8) is 0 Å². The molecule has 2 nitrogen and oxygen atoms in total. The molecule has 82 valence electrons. The normalized spacial score (nSPS) is 11.4. The summed E-state index contributed by atoms with van der Waals surface area (Å²) in [6, 6.07) is 6.94. The lowest BCUT2D eigenvalue weighted by molar-refractivity contribution is 0.00754. The molecule has 15 heavy (non-hydrogen) atoms. The molecule has 0 fully saturated rings. The summed E-state index contributed by atoms with van der Waals surface area (Å²) in [5.41, 5.74) is 5.70. The van der Waals surface area contributed by atoms with Crippen molar-refractivity contribution in [3.05, 3.63) is 36.0 Å². The van der Waals surface area contributed by atoms with Crippen molar-refractivity contribution in [2.45, 2.75) is 5.92 Å². The third-order valence-electron chi connectivity index (χ3n) is 2.24. The number of benzene rings is 1. The topological polar surface area (TPSA) is 41.8 Å². The molecular formula is C10H11ClF2N2. The largest absolute Gasteiger partial charge is 0.361 e. The van der Waals surface area contributed by atoms with Crippen LogP contribution >= 0.6 is 12.4 Å². The van der Waals surface area contributed by atoms with E-state index in [0.717, 1.165) is 0 Å². The first-order chi connectivity index (χ1) is 6.65. The van der Waals surface area contributed by atoms with E-state index in [4.69, 9.17) is 5.73 Å². The highest BCUT2D eigenvalue weighted by Gasteiger charge is 2.32. The molecule has 0 saturated carbocycles. The Balaban J connectivity index is 0.00000112. The molecule has 0 atom stereocenters. The van der Waals surface area contributed by atoms with Crippen LogP contribution in [0, 0.1) is 0 Å². The number of aromatic amines is 1. The average Bonchev–Trinajstić information content (AvgIpc) is 2.61. The van der Waals surface area contributed by atoms with Crippen LogP contribution in [0.15, 0.2) is 30.5 Å². The molecular weight excluding hydrogens is 222 g/mol. The van der Waals surface area contributed by atoms with E-state index in [1.165, 1.54) is 6.20 Å². The van der Waals surface area contributed by atoms with Gasteiger partial charge in [0.1, 0.15) is 0 Å². The zero-order chi connectivity index (χ0) is 10.2. The molecule has 2 aromatic rings. The number of para-hydroxylation sites is 1. The molecule has 5 heteroatoms. The Morgan fingerprint density at radius 2 is 1.93 bits per heavy atom. The Morgan fingerprint density at radius 3 is 2.60 bits per heavy atom. The molecule has 0 spiro atoms. The molecule has 1 aromatic heterocycles. The molecule has 3 N–H and O–H groups in total. The zero-order valence-corrected chi connectivity index (χ0v) is 8.65. The van der Waals surface area contributed by atoms with Crippen LogP contribution in [0.5, 0.6) is 0 Å². The van der Waals surface area contributed by atoms with Crippen LogP contribution in [0.3, 0.4) is 0 Å². The monoisotopic (exact) mass is 232 g/mol. The number of hydrogen-bond acceptors (Lipinski definition) is 1. The third-order valence-corrected chi connectivity index (χ3v) is 2.24. The molecule has 0 radical (unpaired) electrons. The summed E-state index contributed by atoms with van der Waals surface area (Å²) in [6.07, 6.45) is 1.32. The number of hydrogen-bond donors (Lipinski definition) is 2. The van der Waals surface area contributed by atoms with Gasteiger partial charge < -0.3 is 10.7 Å². The predicted molar refractivity (Wildman–Crippen MR) is 58.5 cm³/mol. The highest BCUT2D eigenvalue weighted by molar-refractivity contribution is 5.85. The fraction of sp³-hybridized carbons (Fsp3) is 0.200. The van der Waals surface area contributed by atoms with Crippen LogP contribution in [0.2, 0.25) is 0 Å². The maximum absolute atomic E-state index is 13.3. The van der Waals surface area contributed by atoms with Gasteiger partial charge in [-0.05, 0) is 6.07 Å². The van der Waals surface area contributed by atoms with Gasteiger partial charge in [-0.2, -0.15) is 8.78 Å². The number of fused-ring (bicyclic) bond motifs is 1. The van der Waals surface area contributed by atoms with E-state index in [2.05, 4.69) is 4.98 Å². The van der Waals surface area contributed by atoms with Crippen LogP contribution in [-0.4, -0.2) is 11.5 Å². The van der Waals surface area contributed by atoms with Crippen molar-refractivity contribution < 1.29 is 8.78 Å². The Hall–Kier alpha value is -1.13. The van der Waals surface area contributed by atoms with Crippen LogP contribution < -0.4 is 5.73 Å². The molecule has 1 heterocycles. The van der Waals surface area contributed by atoms with E-state index in [-0.39, 0.29) is 18.0 Å². The van der Waals surface area contributed by atoms with E-state index in [9.17, 15) is 8.78 Å². The van der Waals surface area contributed by atoms with Crippen molar-refractivity contribution in [1.82, 2.24) is 4.98 Å². The van der Waals surface area contributed by atoms with Crippen molar-refractivity contribution in [1.29, 1.82) is 0 Å². The quantitative estimate of drug-likeness (QED) is 0.821. The Morgan fingerprint density at radius 1 is 1.27 bits per heavy atom. The van der Waals surface area contributed by atoms with Crippen molar-refractivity contribution in [3.8, 4) is 0 Å². The van der Waals surface area contributed by atoms with Crippen LogP contribution in [-0.2, 0) is 5.92 Å². The van der Waals surface area contributed by atoms with E-state index in [1.54, 1.807) is 24.3 Å². The second-order valence-corrected chi connectivity index (χ2v) is 3.16. The third kappa shape index (κ3) is 1.96. The highest BCUT2D eigenvalue weighted by atomic mass is 35.5. The van der Waals surface area contributed by atoms with E-state index in [1.807, 2.05) is 0 Å². The average molecular weight is 233 g/mol. The Kier molecular flexibility index (Phi) is 3.31. The lowest BCUT2D eigenvalue weighted by atomic mass is 10.1. The van der Waals surface area contributed by atoms with Gasteiger partial charge in [0.05, 0.1) is 6.54 Å². The summed E-state index contributed by atoms with van der Waals surface area (Å²) in [4.78, 5) is 2.79. The van der Waals surface area contributed by atoms with Crippen LogP contribution in [0.4, 0.5) is 8.78 Å². The lowest BCUT2D eigenvalue weighted by Crippen LogP contribution is -2.24. The Bertz CT molecular complexity index is 453. The molecule has 2 rings (SSSR count). The van der Waals surface area contributed by atoms with Crippen LogP contribution in [0.25, 0.3) is 10.9 Å². The summed E-state index contributed by atoms with van der Waals surface area (Å²) in [7, 11) is 0. The van der Waals surface area contributed by atoms with Gasteiger partial charge in [-0.25, -0.2) is 0 Å². The minimum Gasteiger partial charge on any atom is -0.361 e. The number of rotatable bonds is 2. The second-order valence-electron chi connectivity index (χ2n) is 3.16. The second kappa shape index (κ2) is 4.16. The molecule has 0 unspecified atom stereocenters. The summed E-state index contributed by atoms with van der Waals surface area (Å²) in [5, 5.41) is 0.531. The molecule has 0 aliphatic rings. The lowest BCUT2D eigenvalue weighted by Gasteiger charge is -2.12. The first kappa shape index (κ1) is 11.9. The number of halogens is 3. The molecule has 0 amide bonds. The van der Waals surface area contributed by atoms with E-state index >= 15 is 0 Å². The SMILES string of the molecule is Cl.NCC(F)(F)c1c[nH]c2ccccc12. The standard InChI is InChI=1S/C10H10F2N2.ClH/c11-10(12,6-13)8-5-14-9-4-2-1-3-7(8)9;/h1-5,14H,6,13H2;1H. The number of nitrogens with two attached hydrogens (primary N) is 1. The summed E-state index contributed by atoms with van der Waals surface area (Å²) in [6.45, 7) is -0.672. The summed E-state index contributed by atoms with van der Waals surface area (Å²) < 4.78 is 26.6. The zero-order valence-electron chi connectivity index (χ0n) is 7.84. The number of nitrogens with one attached hydrogen (secondary N) is 1. The van der Waals surface area contributed by atoms with Crippen molar-refractivity contribution in [2.75, 3.05) is 6.54 Å². The van der Waals surface area contributed by atoms with Gasteiger partial charge in [-0.1, -0.05) is 18.2 Å². The first-order valence-corrected chi connectivity index (χ1v) is 4.29. The summed E-state index contributed by atoms with van der Waals surface area (Å²) in [5.74, 6) is -2.96. The number of aromatic nitrogens is 1. The summed E-state index contributed by atoms with van der Waals surface area (Å²) >= 11 is 0.